The topological polar surface area (TPSA) is 100 Å². The smallest absolute Gasteiger partial charge is 0.305 e. The van der Waals surface area contributed by atoms with Gasteiger partial charge in [-0.1, -0.05) is 29.8 Å². The van der Waals surface area contributed by atoms with E-state index in [1.165, 1.54) is 11.6 Å². The molecule has 0 aliphatic carbocycles. The normalized spacial score (nSPS) is 18.6. The van der Waals surface area contributed by atoms with Gasteiger partial charge in [0.1, 0.15) is 0 Å². The predicted octanol–water partition coefficient (Wildman–Crippen LogP) is 1.02. The van der Waals surface area contributed by atoms with Crippen LogP contribution in [-0.4, -0.2) is 43.0 Å². The minimum Gasteiger partial charge on any atom is -0.305 e. The second-order valence-electron chi connectivity index (χ2n) is 7.97. The number of aryl methyl sites for hydroxylation is 2. The van der Waals surface area contributed by atoms with Crippen LogP contribution in [0.1, 0.15) is 18.0 Å². The van der Waals surface area contributed by atoms with Crippen LogP contribution < -0.4 is 11.2 Å². The summed E-state index contributed by atoms with van der Waals surface area (Å²) in [7, 11) is -0.128. The van der Waals surface area contributed by atoms with Gasteiger partial charge in [0.25, 0.3) is 5.56 Å². The van der Waals surface area contributed by atoms with E-state index in [4.69, 9.17) is 0 Å². The van der Waals surface area contributed by atoms with E-state index >= 15 is 0 Å². The van der Waals surface area contributed by atoms with Gasteiger partial charge in [-0.2, -0.15) is 4.98 Å². The van der Waals surface area contributed by atoms with Gasteiger partial charge in [0.15, 0.2) is 21.0 Å². The first-order chi connectivity index (χ1) is 14.2. The third kappa shape index (κ3) is 2.59. The van der Waals surface area contributed by atoms with Gasteiger partial charge >= 0.3 is 5.69 Å². The molecule has 30 heavy (non-hydrogen) atoms. The van der Waals surface area contributed by atoms with Gasteiger partial charge in [-0.15, -0.1) is 0 Å². The van der Waals surface area contributed by atoms with Crippen molar-refractivity contribution in [1.29, 1.82) is 0 Å². The lowest BCUT2D eigenvalue weighted by Gasteiger charge is -2.15. The summed E-state index contributed by atoms with van der Waals surface area (Å²) in [6.45, 7) is 2.00. The molecule has 0 spiro atoms. The molecule has 0 N–H and O–H groups in total. The highest BCUT2D eigenvalue weighted by Gasteiger charge is 2.33. The molecule has 1 aliphatic heterocycles. The van der Waals surface area contributed by atoms with Crippen LogP contribution in [0, 0.1) is 6.92 Å². The van der Waals surface area contributed by atoms with Crippen molar-refractivity contribution in [3.63, 3.8) is 0 Å². The van der Waals surface area contributed by atoms with Gasteiger partial charge in [0, 0.05) is 20.3 Å². The Hall–Kier alpha value is -3.14. The van der Waals surface area contributed by atoms with E-state index < -0.39 is 21.1 Å². The molecule has 0 saturated carbocycles. The molecule has 1 unspecified atom stereocenters. The average Bonchev–Trinajstić information content (AvgIpc) is 3.36. The third-order valence-corrected chi connectivity index (χ3v) is 7.67. The summed E-state index contributed by atoms with van der Waals surface area (Å²) < 4.78 is 30.4. The zero-order chi connectivity index (χ0) is 21.4. The SMILES string of the molecule is Cc1ccc(-c2cn3c4c(=O)n(C)c(=O)n(C)c4nc3n2C2CCS(=O)(=O)C2)cc1. The van der Waals surface area contributed by atoms with E-state index in [2.05, 4.69) is 4.98 Å². The molecular formula is C20H21N5O4S. The van der Waals surface area contributed by atoms with E-state index in [9.17, 15) is 18.0 Å². The summed E-state index contributed by atoms with van der Waals surface area (Å²) in [5.74, 6) is 0.604. The Kier molecular flexibility index (Phi) is 3.88. The Morgan fingerprint density at radius 3 is 2.40 bits per heavy atom. The minimum absolute atomic E-state index is 0.0242. The lowest BCUT2D eigenvalue weighted by Crippen LogP contribution is -2.37. The molecule has 1 atom stereocenters. The maximum absolute atomic E-state index is 12.9. The fraction of sp³-hybridized carbons (Fsp3) is 0.350. The summed E-state index contributed by atoms with van der Waals surface area (Å²) in [6, 6.07) is 7.63. The first kappa shape index (κ1) is 18.9. The van der Waals surface area contributed by atoms with Gasteiger partial charge in [-0.3, -0.25) is 18.3 Å². The lowest BCUT2D eigenvalue weighted by atomic mass is 10.1. The largest absolute Gasteiger partial charge is 0.332 e. The lowest BCUT2D eigenvalue weighted by molar-refractivity contribution is 0.571. The second kappa shape index (κ2) is 6.18. The van der Waals surface area contributed by atoms with Crippen molar-refractivity contribution in [3.05, 3.63) is 56.9 Å². The van der Waals surface area contributed by atoms with E-state index in [0.717, 1.165) is 21.4 Å². The Bertz CT molecular complexity index is 1550. The molecule has 3 aromatic heterocycles. The van der Waals surface area contributed by atoms with Crippen LogP contribution in [0.2, 0.25) is 0 Å². The van der Waals surface area contributed by atoms with Crippen molar-refractivity contribution in [2.24, 2.45) is 14.1 Å². The maximum atomic E-state index is 12.9. The highest BCUT2D eigenvalue weighted by atomic mass is 32.2. The molecule has 1 aliphatic rings. The highest BCUT2D eigenvalue weighted by molar-refractivity contribution is 7.91. The van der Waals surface area contributed by atoms with Crippen molar-refractivity contribution in [2.45, 2.75) is 19.4 Å². The number of rotatable bonds is 2. The van der Waals surface area contributed by atoms with Gasteiger partial charge in [0.05, 0.1) is 23.2 Å². The highest BCUT2D eigenvalue weighted by Crippen LogP contribution is 2.33. The molecule has 0 radical (unpaired) electrons. The van der Waals surface area contributed by atoms with Crippen LogP contribution in [0.15, 0.2) is 40.1 Å². The van der Waals surface area contributed by atoms with Gasteiger partial charge in [0.2, 0.25) is 5.78 Å². The van der Waals surface area contributed by atoms with Crippen molar-refractivity contribution in [2.75, 3.05) is 11.5 Å². The molecule has 5 rings (SSSR count). The molecular weight excluding hydrogens is 406 g/mol. The number of sulfone groups is 1. The summed E-state index contributed by atoms with van der Waals surface area (Å²) in [5.41, 5.74) is 2.49. The van der Waals surface area contributed by atoms with Gasteiger partial charge in [-0.05, 0) is 18.9 Å². The van der Waals surface area contributed by atoms with Crippen molar-refractivity contribution >= 4 is 26.8 Å². The maximum Gasteiger partial charge on any atom is 0.332 e. The number of hydrogen-bond acceptors (Lipinski definition) is 5. The minimum atomic E-state index is -3.13. The Morgan fingerprint density at radius 2 is 1.77 bits per heavy atom. The van der Waals surface area contributed by atoms with Gasteiger partial charge < -0.3 is 4.57 Å². The Labute approximate surface area is 171 Å². The van der Waals surface area contributed by atoms with Gasteiger partial charge in [-0.25, -0.2) is 13.2 Å². The van der Waals surface area contributed by atoms with Crippen molar-refractivity contribution in [3.8, 4) is 11.3 Å². The van der Waals surface area contributed by atoms with Crippen LogP contribution in [0.5, 0.6) is 0 Å². The molecule has 1 fully saturated rings. The van der Waals surface area contributed by atoms with Crippen LogP contribution >= 0.6 is 0 Å². The molecule has 1 saturated heterocycles. The first-order valence-electron chi connectivity index (χ1n) is 9.64. The van der Waals surface area contributed by atoms with E-state index in [1.807, 2.05) is 42.0 Å². The van der Waals surface area contributed by atoms with E-state index in [-0.39, 0.29) is 23.2 Å². The second-order valence-corrected chi connectivity index (χ2v) is 10.2. The molecule has 0 bridgehead atoms. The molecule has 4 aromatic rings. The third-order valence-electron chi connectivity index (χ3n) is 5.92. The molecule has 4 heterocycles. The number of benzene rings is 1. The Balaban J connectivity index is 1.90. The fourth-order valence-electron chi connectivity index (χ4n) is 4.26. The summed E-state index contributed by atoms with van der Waals surface area (Å²) in [5, 5.41) is 0. The Morgan fingerprint density at radius 1 is 1.07 bits per heavy atom. The number of imidazole rings is 2. The molecule has 0 amide bonds. The van der Waals surface area contributed by atoms with Crippen molar-refractivity contribution < 1.29 is 8.42 Å². The summed E-state index contributed by atoms with van der Waals surface area (Å²) in [4.78, 5) is 29.8. The summed E-state index contributed by atoms with van der Waals surface area (Å²) >= 11 is 0. The average molecular weight is 427 g/mol. The predicted molar refractivity (Wildman–Crippen MR) is 114 cm³/mol. The zero-order valence-corrected chi connectivity index (χ0v) is 17.7. The molecule has 9 nitrogen and oxygen atoms in total. The fourth-order valence-corrected chi connectivity index (χ4v) is 5.96. The van der Waals surface area contributed by atoms with Crippen molar-refractivity contribution in [1.82, 2.24) is 23.1 Å². The monoisotopic (exact) mass is 427 g/mol. The molecule has 1 aromatic carbocycles. The first-order valence-corrected chi connectivity index (χ1v) is 11.5. The number of aromatic nitrogens is 5. The number of hydrogen-bond donors (Lipinski definition) is 0. The molecule has 156 valence electrons. The summed E-state index contributed by atoms with van der Waals surface area (Å²) in [6.07, 6.45) is 2.29. The van der Waals surface area contributed by atoms with E-state index in [0.29, 0.717) is 17.7 Å². The number of nitrogens with zero attached hydrogens (tertiary/aromatic N) is 5. The van der Waals surface area contributed by atoms with Crippen LogP contribution in [-0.2, 0) is 23.9 Å². The zero-order valence-electron chi connectivity index (χ0n) is 16.9. The van der Waals surface area contributed by atoms with Crippen LogP contribution in [0.4, 0.5) is 0 Å². The van der Waals surface area contributed by atoms with Crippen LogP contribution in [0.3, 0.4) is 0 Å². The molecule has 10 heteroatoms. The van der Waals surface area contributed by atoms with E-state index in [1.54, 1.807) is 11.4 Å². The standard InChI is InChI=1S/C20H21N5O4S/c1-12-4-6-13(7-5-12)15-10-24-16-17(22(2)20(27)23(3)18(16)26)21-19(24)25(15)14-8-9-30(28,29)11-14/h4-7,10,14H,8-9,11H2,1-3H3. The number of fused-ring (bicyclic) bond motifs is 3. The van der Waals surface area contributed by atoms with Crippen LogP contribution in [0.25, 0.3) is 28.2 Å². The quantitative estimate of drug-likeness (QED) is 0.476.